The van der Waals surface area contributed by atoms with Crippen molar-refractivity contribution in [3.05, 3.63) is 64.4 Å². The van der Waals surface area contributed by atoms with Gasteiger partial charge in [0.15, 0.2) is 0 Å². The summed E-state index contributed by atoms with van der Waals surface area (Å²) in [6, 6.07) is 11.6. The number of amides is 3. The van der Waals surface area contributed by atoms with Crippen LogP contribution in [-0.2, 0) is 14.4 Å². The molecule has 1 aromatic heterocycles. The first-order chi connectivity index (χ1) is 16.8. The van der Waals surface area contributed by atoms with Gasteiger partial charge in [0.2, 0.25) is 22.9 Å². The molecule has 2 saturated heterocycles. The highest BCUT2D eigenvalue weighted by molar-refractivity contribution is 7.15. The van der Waals surface area contributed by atoms with Gasteiger partial charge in [-0.05, 0) is 55.3 Å². The number of nitrogens with one attached hydrogen (secondary N) is 1. The summed E-state index contributed by atoms with van der Waals surface area (Å²) in [5.74, 6) is -1.44. The summed E-state index contributed by atoms with van der Waals surface area (Å²) in [5.41, 5.74) is 3.58. The van der Waals surface area contributed by atoms with Crippen molar-refractivity contribution in [2.24, 2.45) is 5.92 Å². The van der Waals surface area contributed by atoms with Gasteiger partial charge in [-0.2, -0.15) is 0 Å². The van der Waals surface area contributed by atoms with Crippen LogP contribution < -0.4 is 15.1 Å². The molecular weight excluding hydrogens is 469 g/mol. The minimum Gasteiger partial charge on any atom is -0.312 e. The Kier molecular flexibility index (Phi) is 6.06. The van der Waals surface area contributed by atoms with E-state index in [1.165, 1.54) is 23.5 Å². The zero-order valence-electron chi connectivity index (χ0n) is 19.3. The van der Waals surface area contributed by atoms with E-state index in [4.69, 9.17) is 0 Å². The third-order valence-corrected chi connectivity index (χ3v) is 7.65. The van der Waals surface area contributed by atoms with Crippen LogP contribution in [0.2, 0.25) is 0 Å². The Morgan fingerprint density at radius 2 is 1.74 bits per heavy atom. The van der Waals surface area contributed by atoms with Gasteiger partial charge in [0.25, 0.3) is 0 Å². The van der Waals surface area contributed by atoms with Crippen molar-refractivity contribution in [2.45, 2.75) is 32.6 Å². The zero-order chi connectivity index (χ0) is 24.7. The van der Waals surface area contributed by atoms with Crippen molar-refractivity contribution in [3.63, 3.8) is 0 Å². The highest BCUT2D eigenvalue weighted by Gasteiger charge is 2.37. The number of aryl methyl sites for hydroxylation is 1. The number of hydrogen-bond donors (Lipinski definition) is 1. The second kappa shape index (κ2) is 9.18. The van der Waals surface area contributed by atoms with E-state index in [0.29, 0.717) is 28.9 Å². The number of rotatable bonds is 5. The van der Waals surface area contributed by atoms with E-state index in [0.717, 1.165) is 16.8 Å². The molecule has 0 radical (unpaired) electrons. The highest BCUT2D eigenvalue weighted by atomic mass is 32.1. The molecule has 8 nitrogen and oxygen atoms in total. The van der Waals surface area contributed by atoms with E-state index < -0.39 is 5.92 Å². The molecule has 3 amide bonds. The van der Waals surface area contributed by atoms with E-state index in [-0.39, 0.29) is 42.3 Å². The van der Waals surface area contributed by atoms with Crippen molar-refractivity contribution in [1.82, 2.24) is 10.2 Å². The summed E-state index contributed by atoms with van der Waals surface area (Å²) in [5, 5.41) is 12.1. The van der Waals surface area contributed by atoms with Crippen molar-refractivity contribution in [1.29, 1.82) is 0 Å². The van der Waals surface area contributed by atoms with Gasteiger partial charge in [-0.15, -0.1) is 10.2 Å². The number of halogens is 1. The molecule has 180 valence electrons. The van der Waals surface area contributed by atoms with Crippen molar-refractivity contribution in [3.8, 4) is 0 Å². The van der Waals surface area contributed by atoms with Crippen LogP contribution in [0.3, 0.4) is 0 Å². The van der Waals surface area contributed by atoms with E-state index in [1.807, 2.05) is 32.0 Å². The lowest BCUT2D eigenvalue weighted by atomic mass is 10.1. The van der Waals surface area contributed by atoms with Crippen LogP contribution in [0.5, 0.6) is 0 Å². The molecule has 3 heterocycles. The monoisotopic (exact) mass is 493 g/mol. The number of carbonyl (C=O) groups excluding carboxylic acids is 3. The molecule has 2 fully saturated rings. The molecule has 2 aliphatic rings. The molecular formula is C25H24FN5O3S. The highest BCUT2D eigenvalue weighted by Crippen LogP contribution is 2.35. The van der Waals surface area contributed by atoms with E-state index >= 15 is 0 Å². The smallest absolute Gasteiger partial charge is 0.231 e. The van der Waals surface area contributed by atoms with Crippen molar-refractivity contribution >= 4 is 45.6 Å². The molecule has 3 aromatic rings. The van der Waals surface area contributed by atoms with Gasteiger partial charge in [-0.25, -0.2) is 4.39 Å². The lowest BCUT2D eigenvalue weighted by Crippen LogP contribution is -2.28. The number of aromatic nitrogens is 2. The zero-order valence-corrected chi connectivity index (χ0v) is 20.1. The van der Waals surface area contributed by atoms with Gasteiger partial charge >= 0.3 is 0 Å². The Hall–Kier alpha value is -3.66. The Morgan fingerprint density at radius 3 is 2.51 bits per heavy atom. The molecule has 2 aliphatic heterocycles. The number of hydrogen-bond acceptors (Lipinski definition) is 6. The molecule has 10 heteroatoms. The number of anilines is 3. The van der Waals surface area contributed by atoms with Crippen LogP contribution in [0.1, 0.15) is 34.9 Å². The molecule has 1 N–H and O–H groups in total. The first-order valence-electron chi connectivity index (χ1n) is 11.4. The second-order valence-electron chi connectivity index (χ2n) is 8.94. The van der Waals surface area contributed by atoms with Crippen LogP contribution in [0.25, 0.3) is 0 Å². The topological polar surface area (TPSA) is 95.5 Å². The van der Waals surface area contributed by atoms with Crippen molar-refractivity contribution in [2.75, 3.05) is 28.2 Å². The quantitative estimate of drug-likeness (QED) is 0.583. The van der Waals surface area contributed by atoms with Crippen LogP contribution in [0.15, 0.2) is 42.5 Å². The fourth-order valence-electron chi connectivity index (χ4n) is 4.55. The Morgan fingerprint density at radius 1 is 1.00 bits per heavy atom. The molecule has 2 aromatic carbocycles. The molecule has 0 saturated carbocycles. The van der Waals surface area contributed by atoms with Crippen LogP contribution in [0.4, 0.5) is 20.9 Å². The van der Waals surface area contributed by atoms with Gasteiger partial charge in [-0.1, -0.05) is 23.5 Å². The SMILES string of the molecule is Cc1cccc(N2CC(C(=O)Nc3nnc(C4CC(=O)N(c5ccc(F)cc5)C4)s3)CC2=O)c1C. The number of nitrogens with zero attached hydrogens (tertiary/aromatic N) is 4. The summed E-state index contributed by atoms with van der Waals surface area (Å²) in [6.07, 6.45) is 0.399. The Labute approximate surface area is 205 Å². The minimum absolute atomic E-state index is 0.0709. The lowest BCUT2D eigenvalue weighted by molar-refractivity contribution is -0.122. The summed E-state index contributed by atoms with van der Waals surface area (Å²) in [4.78, 5) is 41.3. The van der Waals surface area contributed by atoms with Crippen molar-refractivity contribution < 1.29 is 18.8 Å². The maximum Gasteiger partial charge on any atom is 0.231 e. The van der Waals surface area contributed by atoms with Gasteiger partial charge in [0.1, 0.15) is 10.8 Å². The maximum atomic E-state index is 13.2. The average Bonchev–Trinajstić information content (AvgIpc) is 3.55. The van der Waals surface area contributed by atoms with Crippen LogP contribution in [-0.4, -0.2) is 41.0 Å². The normalized spacial score (nSPS) is 20.1. The minimum atomic E-state index is -0.489. The average molecular weight is 494 g/mol. The molecule has 0 bridgehead atoms. The third kappa shape index (κ3) is 4.53. The predicted molar refractivity (Wildman–Crippen MR) is 131 cm³/mol. The lowest BCUT2D eigenvalue weighted by Gasteiger charge is -2.20. The number of benzene rings is 2. The summed E-state index contributed by atoms with van der Waals surface area (Å²) < 4.78 is 13.2. The van der Waals surface area contributed by atoms with E-state index in [2.05, 4.69) is 15.5 Å². The van der Waals surface area contributed by atoms with E-state index in [9.17, 15) is 18.8 Å². The second-order valence-corrected chi connectivity index (χ2v) is 9.95. The predicted octanol–water partition coefficient (Wildman–Crippen LogP) is 3.81. The van der Waals surface area contributed by atoms with Gasteiger partial charge in [0.05, 0.1) is 5.92 Å². The molecule has 5 rings (SSSR count). The van der Waals surface area contributed by atoms with Gasteiger partial charge in [0, 0.05) is 43.2 Å². The number of carbonyl (C=O) groups is 3. The fraction of sp³-hybridized carbons (Fsp3) is 0.320. The van der Waals surface area contributed by atoms with Gasteiger partial charge < -0.3 is 15.1 Å². The standard InChI is InChI=1S/C25H24FN5O3S/c1-14-4-3-5-20(15(14)2)31-12-16(10-22(31)33)23(34)27-25-29-28-24(35-25)17-11-21(32)30(13-17)19-8-6-18(26)7-9-19/h3-9,16-17H,10-13H2,1-2H3,(H,27,29,34). The first-order valence-corrected chi connectivity index (χ1v) is 12.2. The maximum absolute atomic E-state index is 13.2. The molecule has 0 aliphatic carbocycles. The largest absolute Gasteiger partial charge is 0.312 e. The first kappa shape index (κ1) is 23.1. The molecule has 2 unspecified atom stereocenters. The third-order valence-electron chi connectivity index (χ3n) is 6.65. The summed E-state index contributed by atoms with van der Waals surface area (Å²) in [6.45, 7) is 4.69. The Bertz CT molecular complexity index is 1310. The Balaban J connectivity index is 1.23. The molecule has 2 atom stereocenters. The molecule has 0 spiro atoms. The van der Waals surface area contributed by atoms with Crippen LogP contribution in [0, 0.1) is 25.6 Å². The molecule has 35 heavy (non-hydrogen) atoms. The van der Waals surface area contributed by atoms with Gasteiger partial charge in [-0.3, -0.25) is 14.4 Å². The summed E-state index contributed by atoms with van der Waals surface area (Å²) in [7, 11) is 0. The van der Waals surface area contributed by atoms with Crippen LogP contribution >= 0.6 is 11.3 Å². The summed E-state index contributed by atoms with van der Waals surface area (Å²) >= 11 is 1.23. The van der Waals surface area contributed by atoms with E-state index in [1.54, 1.807) is 21.9 Å². The fourth-order valence-corrected chi connectivity index (χ4v) is 5.38.